The second-order valence-electron chi connectivity index (χ2n) is 10.1. The van der Waals surface area contributed by atoms with E-state index in [4.69, 9.17) is 4.74 Å². The number of carbonyl (C=O) groups is 3. The fourth-order valence-corrected chi connectivity index (χ4v) is 5.19. The lowest BCUT2D eigenvalue weighted by Crippen LogP contribution is -2.54. The van der Waals surface area contributed by atoms with Gasteiger partial charge in [0.2, 0.25) is 11.8 Å². The molecule has 208 valence electrons. The first kappa shape index (κ1) is 27.3. The Balaban J connectivity index is 1.34. The lowest BCUT2D eigenvalue weighted by Gasteiger charge is -2.37. The van der Waals surface area contributed by atoms with Crippen LogP contribution in [0.2, 0.25) is 0 Å². The van der Waals surface area contributed by atoms with E-state index in [-0.39, 0.29) is 30.6 Å². The molecule has 40 heavy (non-hydrogen) atoms. The molecule has 2 saturated heterocycles. The molecule has 2 heterocycles. The largest absolute Gasteiger partial charge is 0.438 e. The first-order chi connectivity index (χ1) is 19.4. The van der Waals surface area contributed by atoms with Gasteiger partial charge in [-0.25, -0.2) is 9.18 Å². The van der Waals surface area contributed by atoms with Crippen LogP contribution >= 0.6 is 0 Å². The van der Waals surface area contributed by atoms with Crippen LogP contribution in [-0.2, 0) is 27.3 Å². The second kappa shape index (κ2) is 12.3. The molecule has 2 unspecified atom stereocenters. The zero-order valence-electron chi connectivity index (χ0n) is 22.5. The number of likely N-dealkylation sites (N-methyl/N-ethyl adjacent to an activating group) is 1. The predicted molar refractivity (Wildman–Crippen MR) is 149 cm³/mol. The Morgan fingerprint density at radius 3 is 2.23 bits per heavy atom. The summed E-state index contributed by atoms with van der Waals surface area (Å²) in [6.07, 6.45) is -1.16. The van der Waals surface area contributed by atoms with Crippen molar-refractivity contribution in [3.8, 4) is 0 Å². The van der Waals surface area contributed by atoms with E-state index in [1.807, 2.05) is 30.3 Å². The number of halogens is 1. The van der Waals surface area contributed by atoms with Crippen LogP contribution in [0.4, 0.5) is 14.9 Å². The third-order valence-corrected chi connectivity index (χ3v) is 7.47. The first-order valence-electron chi connectivity index (χ1n) is 13.6. The van der Waals surface area contributed by atoms with Gasteiger partial charge in [0.25, 0.3) is 0 Å². The maximum absolute atomic E-state index is 13.9. The summed E-state index contributed by atoms with van der Waals surface area (Å²) in [5.41, 5.74) is 2.87. The normalized spacial score (nSPS) is 19.4. The predicted octanol–water partition coefficient (Wildman–Crippen LogP) is 4.23. The van der Waals surface area contributed by atoms with Gasteiger partial charge in [0.15, 0.2) is 12.1 Å². The highest BCUT2D eigenvalue weighted by Gasteiger charge is 2.48. The van der Waals surface area contributed by atoms with Crippen LogP contribution in [0.3, 0.4) is 0 Å². The zero-order chi connectivity index (χ0) is 28.1. The van der Waals surface area contributed by atoms with Gasteiger partial charge in [-0.3, -0.25) is 14.5 Å². The number of piperazine rings is 1. The molecule has 0 radical (unpaired) electrons. The highest BCUT2D eigenvalue weighted by molar-refractivity contribution is 5.92. The average molecular weight is 545 g/mol. The second-order valence-corrected chi connectivity index (χ2v) is 10.1. The van der Waals surface area contributed by atoms with Gasteiger partial charge in [-0.1, -0.05) is 61.5 Å². The molecule has 0 saturated carbocycles. The maximum atomic E-state index is 13.9. The number of nitrogens with one attached hydrogen (secondary N) is 1. The van der Waals surface area contributed by atoms with Crippen LogP contribution < -0.4 is 5.32 Å². The average Bonchev–Trinajstić information content (AvgIpc) is 3.30. The van der Waals surface area contributed by atoms with Gasteiger partial charge in [-0.05, 0) is 47.5 Å². The van der Waals surface area contributed by atoms with Crippen molar-refractivity contribution in [2.75, 3.05) is 38.0 Å². The lowest BCUT2D eigenvalue weighted by atomic mass is 9.99. The zero-order valence-corrected chi connectivity index (χ0v) is 22.5. The highest BCUT2D eigenvalue weighted by atomic mass is 19.1. The molecule has 2 atom stereocenters. The monoisotopic (exact) mass is 544 g/mol. The number of rotatable bonds is 8. The molecule has 3 aromatic carbocycles. The van der Waals surface area contributed by atoms with Crippen molar-refractivity contribution in [2.45, 2.75) is 32.0 Å². The molecule has 9 heteroatoms. The van der Waals surface area contributed by atoms with Gasteiger partial charge in [0.05, 0.1) is 13.0 Å². The van der Waals surface area contributed by atoms with Gasteiger partial charge >= 0.3 is 6.09 Å². The molecule has 0 aromatic heterocycles. The molecule has 0 bridgehead atoms. The number of anilines is 1. The van der Waals surface area contributed by atoms with Crippen LogP contribution in [-0.4, -0.2) is 71.4 Å². The van der Waals surface area contributed by atoms with E-state index in [0.29, 0.717) is 29.9 Å². The van der Waals surface area contributed by atoms with Crippen LogP contribution in [0.5, 0.6) is 0 Å². The van der Waals surface area contributed by atoms with Crippen molar-refractivity contribution in [3.63, 3.8) is 0 Å². The lowest BCUT2D eigenvalue weighted by molar-refractivity contribution is -0.138. The molecule has 0 aliphatic carbocycles. The number of benzene rings is 3. The summed E-state index contributed by atoms with van der Waals surface area (Å²) >= 11 is 0. The molecular formula is C31H33FN4O4. The summed E-state index contributed by atoms with van der Waals surface area (Å²) in [6, 6.07) is 21.5. The third kappa shape index (κ3) is 6.31. The van der Waals surface area contributed by atoms with E-state index in [1.54, 1.807) is 41.3 Å². The number of ether oxygens (including phenoxy) is 1. The molecule has 1 N–H and O–H groups in total. The minimum Gasteiger partial charge on any atom is -0.438 e. The molecule has 0 spiro atoms. The fourth-order valence-electron chi connectivity index (χ4n) is 5.19. The quantitative estimate of drug-likeness (QED) is 0.459. The van der Waals surface area contributed by atoms with Gasteiger partial charge in [-0.2, -0.15) is 0 Å². The highest BCUT2D eigenvalue weighted by Crippen LogP contribution is 2.35. The topological polar surface area (TPSA) is 82.2 Å². The fraction of sp³-hybridized carbons (Fsp3) is 0.323. The maximum Gasteiger partial charge on any atom is 0.411 e. The van der Waals surface area contributed by atoms with E-state index in [0.717, 1.165) is 25.2 Å². The molecular weight excluding hydrogens is 511 g/mol. The summed E-state index contributed by atoms with van der Waals surface area (Å²) in [5, 5.41) is 2.89. The number of cyclic esters (lactones) is 1. The Bertz CT molecular complexity index is 1330. The smallest absolute Gasteiger partial charge is 0.411 e. The summed E-state index contributed by atoms with van der Waals surface area (Å²) in [7, 11) is 0. The summed E-state index contributed by atoms with van der Waals surface area (Å²) < 4.78 is 19.3. The summed E-state index contributed by atoms with van der Waals surface area (Å²) in [4.78, 5) is 45.0. The minimum absolute atomic E-state index is 0.120. The van der Waals surface area contributed by atoms with Crippen LogP contribution in [0, 0.1) is 5.82 Å². The van der Waals surface area contributed by atoms with Crippen LogP contribution in [0.1, 0.15) is 29.7 Å². The molecule has 2 aliphatic heterocycles. The summed E-state index contributed by atoms with van der Waals surface area (Å²) in [5.74, 6) is -0.687. The van der Waals surface area contributed by atoms with Gasteiger partial charge in [0.1, 0.15) is 5.82 Å². The molecule has 3 amide bonds. The third-order valence-electron chi connectivity index (χ3n) is 7.47. The number of carbonyl (C=O) groups excluding carboxylic acids is 3. The van der Waals surface area contributed by atoms with Gasteiger partial charge in [-0.15, -0.1) is 0 Å². The number of nitrogens with zero attached hydrogens (tertiary/aromatic N) is 3. The van der Waals surface area contributed by atoms with Crippen LogP contribution in [0.25, 0.3) is 0 Å². The number of hydrogen-bond donors (Lipinski definition) is 1. The van der Waals surface area contributed by atoms with Gasteiger partial charge < -0.3 is 19.9 Å². The molecule has 8 nitrogen and oxygen atoms in total. The van der Waals surface area contributed by atoms with Crippen molar-refractivity contribution in [1.82, 2.24) is 14.7 Å². The molecule has 2 fully saturated rings. The Morgan fingerprint density at radius 2 is 1.57 bits per heavy atom. The van der Waals surface area contributed by atoms with Crippen molar-refractivity contribution in [1.29, 1.82) is 0 Å². The van der Waals surface area contributed by atoms with Crippen LogP contribution in [0.15, 0.2) is 78.9 Å². The van der Waals surface area contributed by atoms with Crippen molar-refractivity contribution in [2.24, 2.45) is 0 Å². The number of hydrogen-bond acceptors (Lipinski definition) is 5. The Kier molecular flexibility index (Phi) is 8.40. The SMILES string of the molecule is CCN1CCN(C(=O)C2C(c3ccc(NC(=O)Cc4ccccc4)cc3)OC(=O)N2Cc2ccc(F)cc2)CC1. The Hall–Kier alpha value is -4.24. The minimum atomic E-state index is -0.871. The van der Waals surface area contributed by atoms with Crippen molar-refractivity contribution in [3.05, 3.63) is 101 Å². The molecule has 2 aliphatic rings. The molecule has 5 rings (SSSR count). The van der Waals surface area contributed by atoms with E-state index in [1.165, 1.54) is 17.0 Å². The Labute approximate surface area is 233 Å². The Morgan fingerprint density at radius 1 is 0.900 bits per heavy atom. The molecule has 3 aromatic rings. The van der Waals surface area contributed by atoms with E-state index in [9.17, 15) is 18.8 Å². The van der Waals surface area contributed by atoms with E-state index < -0.39 is 18.2 Å². The first-order valence-corrected chi connectivity index (χ1v) is 13.6. The number of amides is 3. The van der Waals surface area contributed by atoms with E-state index >= 15 is 0 Å². The van der Waals surface area contributed by atoms with Gasteiger partial charge in [0, 0.05) is 31.9 Å². The van der Waals surface area contributed by atoms with Crippen molar-refractivity contribution >= 4 is 23.6 Å². The standard InChI is InChI=1S/C31H33FN4O4/c1-2-34-16-18-35(19-17-34)30(38)28-29(40-31(39)36(28)21-23-8-12-25(32)13-9-23)24-10-14-26(15-11-24)33-27(37)20-22-6-4-3-5-7-22/h3-15,28-29H,2,16-21H2,1H3,(H,33,37). The van der Waals surface area contributed by atoms with E-state index in [2.05, 4.69) is 17.1 Å². The van der Waals surface area contributed by atoms with Crippen molar-refractivity contribution < 1.29 is 23.5 Å². The summed E-state index contributed by atoms with van der Waals surface area (Å²) in [6.45, 7) is 5.81.